The normalized spacial score (nSPS) is 10.5. The molecule has 2 N–H and O–H groups in total. The van der Waals surface area contributed by atoms with Crippen molar-refractivity contribution in [3.05, 3.63) is 77.0 Å². The molecule has 0 saturated carbocycles. The predicted molar refractivity (Wildman–Crippen MR) is 133 cm³/mol. The van der Waals surface area contributed by atoms with Crippen molar-refractivity contribution in [2.75, 3.05) is 20.3 Å². The summed E-state index contributed by atoms with van der Waals surface area (Å²) < 4.78 is 10.9. The number of carbonyl (C=O) groups is 2. The number of hydrogen-bond donors (Lipinski definition) is 2. The van der Waals surface area contributed by atoms with E-state index in [2.05, 4.69) is 41.6 Å². The number of nitrogens with one attached hydrogen (secondary N) is 2. The molecule has 0 unspecified atom stereocenters. The van der Waals surface area contributed by atoms with Crippen LogP contribution in [-0.2, 0) is 11.3 Å². The van der Waals surface area contributed by atoms with Gasteiger partial charge in [0, 0.05) is 24.2 Å². The number of rotatable bonds is 10. The number of amides is 2. The highest BCUT2D eigenvalue weighted by Crippen LogP contribution is 2.32. The maximum absolute atomic E-state index is 13.0. The molecule has 0 aliphatic carbocycles. The van der Waals surface area contributed by atoms with E-state index in [1.807, 2.05) is 19.1 Å². The van der Waals surface area contributed by atoms with E-state index in [1.165, 1.54) is 24.4 Å². The van der Waals surface area contributed by atoms with Crippen LogP contribution in [0.3, 0.4) is 0 Å². The summed E-state index contributed by atoms with van der Waals surface area (Å²) in [5.74, 6) is 0.537. The molecular weight excluding hydrogens is 450 g/mol. The maximum Gasteiger partial charge on any atom is 0.257 e. The fraction of sp³-hybridized carbons (Fsp3) is 0.269. The largest absolute Gasteiger partial charge is 0.493 e. The topological polar surface area (TPSA) is 89.6 Å². The van der Waals surface area contributed by atoms with E-state index in [0.717, 1.165) is 16.0 Å². The molecule has 0 aliphatic rings. The van der Waals surface area contributed by atoms with E-state index in [9.17, 15) is 9.59 Å². The van der Waals surface area contributed by atoms with E-state index in [0.29, 0.717) is 35.2 Å². The first-order valence-corrected chi connectivity index (χ1v) is 11.8. The minimum absolute atomic E-state index is 0.0950. The predicted octanol–water partition coefficient (Wildman–Crippen LogP) is 4.30. The van der Waals surface area contributed by atoms with Gasteiger partial charge in [-0.1, -0.05) is 35.5 Å². The number of benzene rings is 2. The maximum atomic E-state index is 13.0. The number of hydrogen-bond acceptors (Lipinski definition) is 6. The summed E-state index contributed by atoms with van der Waals surface area (Å²) in [6, 6.07) is 15.1. The average Bonchev–Trinajstić information content (AvgIpc) is 2.83. The van der Waals surface area contributed by atoms with Crippen LogP contribution in [0.2, 0.25) is 0 Å². The molecule has 0 radical (unpaired) electrons. The van der Waals surface area contributed by atoms with Gasteiger partial charge in [0.2, 0.25) is 0 Å². The monoisotopic (exact) mass is 479 g/mol. The van der Waals surface area contributed by atoms with Crippen molar-refractivity contribution in [2.45, 2.75) is 37.2 Å². The Hall–Kier alpha value is -3.52. The first-order chi connectivity index (χ1) is 16.4. The second-order valence-corrected chi connectivity index (χ2v) is 8.67. The van der Waals surface area contributed by atoms with Gasteiger partial charge in [-0.05, 0) is 62.2 Å². The SMILES string of the molecule is CCNC(=O)COc1ccc(CNC(=O)c2cccnc2Sc2ccc(C)cc2C)cc1OC. The molecule has 3 rings (SSSR count). The van der Waals surface area contributed by atoms with Crippen molar-refractivity contribution in [1.82, 2.24) is 15.6 Å². The van der Waals surface area contributed by atoms with Crippen molar-refractivity contribution in [2.24, 2.45) is 0 Å². The van der Waals surface area contributed by atoms with Crippen molar-refractivity contribution in [1.29, 1.82) is 0 Å². The quantitative estimate of drug-likeness (QED) is 0.451. The average molecular weight is 480 g/mol. The van der Waals surface area contributed by atoms with Gasteiger partial charge in [-0.25, -0.2) is 4.98 Å². The number of pyridine rings is 1. The number of carbonyl (C=O) groups excluding carboxylic acids is 2. The zero-order valence-corrected chi connectivity index (χ0v) is 20.6. The van der Waals surface area contributed by atoms with Gasteiger partial charge in [-0.15, -0.1) is 0 Å². The standard InChI is InChI=1S/C26H29N3O4S/c1-5-27-24(30)16-33-21-10-9-19(14-22(21)32-4)15-29-25(31)20-7-6-12-28-26(20)34-23-11-8-17(2)13-18(23)3/h6-14H,5,15-16H2,1-4H3,(H,27,30)(H,29,31). The lowest BCUT2D eigenvalue weighted by Crippen LogP contribution is -2.28. The van der Waals surface area contributed by atoms with Crippen LogP contribution in [-0.4, -0.2) is 37.1 Å². The second kappa shape index (κ2) is 12.1. The highest BCUT2D eigenvalue weighted by Gasteiger charge is 2.15. The summed E-state index contributed by atoms with van der Waals surface area (Å²) in [6.45, 7) is 6.70. The molecule has 3 aromatic rings. The molecule has 1 aromatic heterocycles. The molecule has 0 bridgehead atoms. The Morgan fingerprint density at radius 1 is 1.03 bits per heavy atom. The van der Waals surface area contributed by atoms with E-state index < -0.39 is 0 Å². The Balaban J connectivity index is 1.67. The molecule has 0 aliphatic heterocycles. The van der Waals surface area contributed by atoms with Gasteiger partial charge in [-0.2, -0.15) is 0 Å². The molecule has 0 fully saturated rings. The van der Waals surface area contributed by atoms with Crippen LogP contribution < -0.4 is 20.1 Å². The smallest absolute Gasteiger partial charge is 0.257 e. The van der Waals surface area contributed by atoms with E-state index >= 15 is 0 Å². The van der Waals surface area contributed by atoms with Crippen molar-refractivity contribution in [3.8, 4) is 11.5 Å². The lowest BCUT2D eigenvalue weighted by molar-refractivity contribution is -0.123. The Kier molecular flexibility index (Phi) is 8.93. The van der Waals surface area contributed by atoms with Crippen molar-refractivity contribution < 1.29 is 19.1 Å². The van der Waals surface area contributed by atoms with E-state index in [-0.39, 0.29) is 18.4 Å². The summed E-state index contributed by atoms with van der Waals surface area (Å²) in [5.41, 5.74) is 3.69. The summed E-state index contributed by atoms with van der Waals surface area (Å²) in [4.78, 5) is 30.1. The van der Waals surface area contributed by atoms with Crippen LogP contribution in [0.15, 0.2) is 64.6 Å². The summed E-state index contributed by atoms with van der Waals surface area (Å²) in [6.07, 6.45) is 1.69. The molecule has 7 nitrogen and oxygen atoms in total. The number of aromatic nitrogens is 1. The van der Waals surface area contributed by atoms with Gasteiger partial charge in [0.1, 0.15) is 5.03 Å². The molecule has 2 aromatic carbocycles. The molecule has 0 saturated heterocycles. The third-order valence-corrected chi connectivity index (χ3v) is 6.16. The highest BCUT2D eigenvalue weighted by molar-refractivity contribution is 7.99. The van der Waals surface area contributed by atoms with Gasteiger partial charge in [-0.3, -0.25) is 9.59 Å². The molecule has 178 valence electrons. The third kappa shape index (κ3) is 6.74. The van der Waals surface area contributed by atoms with Crippen LogP contribution in [0, 0.1) is 13.8 Å². The lowest BCUT2D eigenvalue weighted by Gasteiger charge is -2.13. The van der Waals surface area contributed by atoms with E-state index in [1.54, 1.807) is 30.5 Å². The molecular formula is C26H29N3O4S. The minimum Gasteiger partial charge on any atom is -0.493 e. The zero-order chi connectivity index (χ0) is 24.5. The molecule has 1 heterocycles. The number of nitrogens with zero attached hydrogens (tertiary/aromatic N) is 1. The second-order valence-electron chi connectivity index (χ2n) is 7.64. The summed E-state index contributed by atoms with van der Waals surface area (Å²) in [7, 11) is 1.53. The summed E-state index contributed by atoms with van der Waals surface area (Å²) in [5, 5.41) is 6.28. The molecule has 0 atom stereocenters. The molecule has 34 heavy (non-hydrogen) atoms. The van der Waals surface area contributed by atoms with Crippen LogP contribution in [0.25, 0.3) is 0 Å². The van der Waals surface area contributed by atoms with Gasteiger partial charge >= 0.3 is 0 Å². The lowest BCUT2D eigenvalue weighted by atomic mass is 10.2. The van der Waals surface area contributed by atoms with Crippen molar-refractivity contribution >= 4 is 23.6 Å². The Morgan fingerprint density at radius 2 is 1.85 bits per heavy atom. The fourth-order valence-electron chi connectivity index (χ4n) is 3.27. The van der Waals surface area contributed by atoms with Crippen LogP contribution in [0.5, 0.6) is 11.5 Å². The fourth-order valence-corrected chi connectivity index (χ4v) is 4.22. The molecule has 2 amide bonds. The molecule has 8 heteroatoms. The van der Waals surface area contributed by atoms with Crippen LogP contribution >= 0.6 is 11.8 Å². The van der Waals surface area contributed by atoms with Crippen LogP contribution in [0.4, 0.5) is 0 Å². The van der Waals surface area contributed by atoms with Crippen LogP contribution in [0.1, 0.15) is 34.0 Å². The number of ether oxygens (including phenoxy) is 2. The van der Waals surface area contributed by atoms with Gasteiger partial charge in [0.25, 0.3) is 11.8 Å². The van der Waals surface area contributed by atoms with E-state index in [4.69, 9.17) is 9.47 Å². The first kappa shape index (κ1) is 25.1. The Labute approximate surface area is 204 Å². The zero-order valence-electron chi connectivity index (χ0n) is 19.8. The number of aryl methyl sites for hydroxylation is 2. The van der Waals surface area contributed by atoms with Crippen molar-refractivity contribution in [3.63, 3.8) is 0 Å². The third-order valence-electron chi connectivity index (χ3n) is 4.97. The Morgan fingerprint density at radius 3 is 2.59 bits per heavy atom. The highest BCUT2D eigenvalue weighted by atomic mass is 32.2. The van der Waals surface area contributed by atoms with Gasteiger partial charge < -0.3 is 20.1 Å². The number of likely N-dealkylation sites (N-methyl/N-ethyl adjacent to an activating group) is 1. The summed E-state index contributed by atoms with van der Waals surface area (Å²) >= 11 is 1.48. The Bertz CT molecular complexity index is 1170. The first-order valence-electron chi connectivity index (χ1n) is 11.0. The van der Waals surface area contributed by atoms with Gasteiger partial charge in [0.05, 0.1) is 12.7 Å². The molecule has 0 spiro atoms. The van der Waals surface area contributed by atoms with Gasteiger partial charge in [0.15, 0.2) is 18.1 Å². The minimum atomic E-state index is -0.212. The number of methoxy groups -OCH3 is 1.